The molecule has 1 N–H and O–H groups in total. The number of thioether (sulfide) groups is 1. The number of fused-ring (bicyclic) bond motifs is 1. The highest BCUT2D eigenvalue weighted by atomic mass is 32.2. The summed E-state index contributed by atoms with van der Waals surface area (Å²) in [5, 5.41) is 12.6. The van der Waals surface area contributed by atoms with Crippen LogP contribution >= 0.6 is 23.1 Å². The molecular weight excluding hydrogens is 376 g/mol. The molecule has 2 heterocycles. The van der Waals surface area contributed by atoms with Crippen LogP contribution < -0.4 is 5.32 Å². The van der Waals surface area contributed by atoms with Gasteiger partial charge >= 0.3 is 0 Å². The molecule has 1 amide bonds. The summed E-state index contributed by atoms with van der Waals surface area (Å²) in [7, 11) is 0. The Morgan fingerprint density at radius 2 is 1.85 bits per heavy atom. The van der Waals surface area contributed by atoms with Gasteiger partial charge in [-0.3, -0.25) is 4.79 Å². The van der Waals surface area contributed by atoms with Crippen molar-refractivity contribution in [3.8, 4) is 11.3 Å². The topological polar surface area (TPSA) is 67.8 Å². The summed E-state index contributed by atoms with van der Waals surface area (Å²) in [5.41, 5.74) is 3.94. The largest absolute Gasteiger partial charge is 0.301 e. The summed E-state index contributed by atoms with van der Waals surface area (Å²) in [6.45, 7) is 2.05. The van der Waals surface area contributed by atoms with E-state index in [1.165, 1.54) is 28.7 Å². The standard InChI is InChI=1S/C20H16N4OS2/c1-13-6-8-14(9-7-13)15-10-11-19(24-23-15)26-12-18(25)22-20-21-16-4-2-3-5-17(16)27-20/h2-11H,12H2,1H3,(H,21,22,25). The highest BCUT2D eigenvalue weighted by Gasteiger charge is 2.09. The van der Waals surface area contributed by atoms with Gasteiger partial charge in [0, 0.05) is 5.56 Å². The molecule has 4 aromatic rings. The first-order valence-electron chi connectivity index (χ1n) is 8.36. The lowest BCUT2D eigenvalue weighted by Gasteiger charge is -2.03. The fourth-order valence-electron chi connectivity index (χ4n) is 2.50. The molecule has 2 aromatic heterocycles. The molecule has 27 heavy (non-hydrogen) atoms. The van der Waals surface area contributed by atoms with Crippen molar-refractivity contribution in [1.82, 2.24) is 15.2 Å². The van der Waals surface area contributed by atoms with Gasteiger partial charge in [0.15, 0.2) is 5.13 Å². The van der Waals surface area contributed by atoms with Crippen LogP contribution in [0, 0.1) is 6.92 Å². The van der Waals surface area contributed by atoms with Crippen molar-refractivity contribution in [1.29, 1.82) is 0 Å². The lowest BCUT2D eigenvalue weighted by molar-refractivity contribution is -0.113. The normalized spacial score (nSPS) is 10.9. The van der Waals surface area contributed by atoms with Crippen LogP contribution in [0.25, 0.3) is 21.5 Å². The van der Waals surface area contributed by atoms with Gasteiger partial charge in [0.25, 0.3) is 0 Å². The minimum Gasteiger partial charge on any atom is -0.301 e. The van der Waals surface area contributed by atoms with E-state index in [1.54, 1.807) is 0 Å². The number of benzene rings is 2. The molecule has 0 fully saturated rings. The van der Waals surface area contributed by atoms with Crippen LogP contribution in [0.5, 0.6) is 0 Å². The lowest BCUT2D eigenvalue weighted by Crippen LogP contribution is -2.13. The zero-order chi connectivity index (χ0) is 18.6. The van der Waals surface area contributed by atoms with Gasteiger partial charge in [-0.1, -0.05) is 65.1 Å². The fourth-order valence-corrected chi connectivity index (χ4v) is 3.99. The molecule has 4 rings (SSSR count). The number of carbonyl (C=O) groups excluding carboxylic acids is 1. The van der Waals surface area contributed by atoms with Crippen molar-refractivity contribution in [3.05, 3.63) is 66.2 Å². The minimum atomic E-state index is -0.108. The number of carbonyl (C=O) groups is 1. The summed E-state index contributed by atoms with van der Waals surface area (Å²) < 4.78 is 1.05. The van der Waals surface area contributed by atoms with Gasteiger partial charge in [-0.05, 0) is 31.2 Å². The molecule has 134 valence electrons. The third-order valence-corrected chi connectivity index (χ3v) is 5.75. The van der Waals surface area contributed by atoms with Crippen LogP contribution in [0.1, 0.15) is 5.56 Å². The average molecular weight is 393 g/mol. The Hall–Kier alpha value is -2.77. The van der Waals surface area contributed by atoms with E-state index in [0.717, 1.165) is 21.5 Å². The average Bonchev–Trinajstić information content (AvgIpc) is 3.09. The molecule has 5 nitrogen and oxygen atoms in total. The smallest absolute Gasteiger partial charge is 0.236 e. The van der Waals surface area contributed by atoms with Crippen molar-refractivity contribution >= 4 is 44.4 Å². The molecule has 0 aliphatic rings. The zero-order valence-corrected chi connectivity index (χ0v) is 16.2. The molecule has 0 aliphatic heterocycles. The molecule has 0 atom stereocenters. The van der Waals surface area contributed by atoms with Crippen molar-refractivity contribution in [2.45, 2.75) is 11.9 Å². The SMILES string of the molecule is Cc1ccc(-c2ccc(SCC(=O)Nc3nc4ccccc4s3)nn2)cc1. The minimum absolute atomic E-state index is 0.108. The van der Waals surface area contributed by atoms with E-state index < -0.39 is 0 Å². The van der Waals surface area contributed by atoms with E-state index in [1.807, 2.05) is 60.7 Å². The second-order valence-electron chi connectivity index (χ2n) is 5.95. The maximum Gasteiger partial charge on any atom is 0.236 e. The number of para-hydroxylation sites is 1. The highest BCUT2D eigenvalue weighted by molar-refractivity contribution is 7.99. The van der Waals surface area contributed by atoms with Crippen molar-refractivity contribution in [3.63, 3.8) is 0 Å². The number of thiazole rings is 1. The van der Waals surface area contributed by atoms with Crippen LogP contribution in [-0.4, -0.2) is 26.8 Å². The highest BCUT2D eigenvalue weighted by Crippen LogP contribution is 2.26. The Morgan fingerprint density at radius 3 is 2.59 bits per heavy atom. The van der Waals surface area contributed by atoms with Crippen LogP contribution in [0.4, 0.5) is 5.13 Å². The van der Waals surface area contributed by atoms with Crippen molar-refractivity contribution < 1.29 is 4.79 Å². The van der Waals surface area contributed by atoms with Crippen molar-refractivity contribution in [2.24, 2.45) is 0 Å². The van der Waals surface area contributed by atoms with Gasteiger partial charge in [0.1, 0.15) is 5.03 Å². The van der Waals surface area contributed by atoms with Gasteiger partial charge in [-0.15, -0.1) is 10.2 Å². The van der Waals surface area contributed by atoms with E-state index in [9.17, 15) is 4.79 Å². The van der Waals surface area contributed by atoms with E-state index in [-0.39, 0.29) is 11.7 Å². The Labute approximate surface area is 164 Å². The second-order valence-corrected chi connectivity index (χ2v) is 7.97. The molecular formula is C20H16N4OS2. The lowest BCUT2D eigenvalue weighted by atomic mass is 10.1. The van der Waals surface area contributed by atoms with E-state index in [2.05, 4.69) is 27.4 Å². The van der Waals surface area contributed by atoms with Gasteiger partial charge in [0.2, 0.25) is 5.91 Å². The first kappa shape index (κ1) is 17.6. The van der Waals surface area contributed by atoms with E-state index in [0.29, 0.717) is 10.2 Å². The Bertz CT molecular complexity index is 1040. The number of nitrogens with zero attached hydrogens (tertiary/aromatic N) is 3. The van der Waals surface area contributed by atoms with Gasteiger partial charge in [-0.25, -0.2) is 4.98 Å². The van der Waals surface area contributed by atoms with Gasteiger partial charge in [-0.2, -0.15) is 0 Å². The summed E-state index contributed by atoms with van der Waals surface area (Å²) >= 11 is 2.82. The Morgan fingerprint density at radius 1 is 1.04 bits per heavy atom. The molecule has 0 unspecified atom stereocenters. The van der Waals surface area contributed by atoms with Crippen molar-refractivity contribution in [2.75, 3.05) is 11.1 Å². The third kappa shape index (κ3) is 4.32. The number of amides is 1. The van der Waals surface area contributed by atoms with Crippen LogP contribution in [0.15, 0.2) is 65.7 Å². The maximum absolute atomic E-state index is 12.2. The third-order valence-electron chi connectivity index (χ3n) is 3.88. The number of nitrogens with one attached hydrogen (secondary N) is 1. The Kier molecular flexibility index (Phi) is 5.13. The molecule has 0 radical (unpaired) electrons. The molecule has 2 aromatic carbocycles. The molecule has 0 saturated carbocycles. The summed E-state index contributed by atoms with van der Waals surface area (Å²) in [6, 6.07) is 19.8. The van der Waals surface area contributed by atoms with Crippen LogP contribution in [0.3, 0.4) is 0 Å². The number of hydrogen-bond donors (Lipinski definition) is 1. The first-order valence-corrected chi connectivity index (χ1v) is 10.2. The van der Waals surface area contributed by atoms with E-state index in [4.69, 9.17) is 0 Å². The number of anilines is 1. The number of aromatic nitrogens is 3. The second kappa shape index (κ2) is 7.85. The monoisotopic (exact) mass is 392 g/mol. The molecule has 7 heteroatoms. The summed E-state index contributed by atoms with van der Waals surface area (Å²) in [4.78, 5) is 16.6. The maximum atomic E-state index is 12.2. The summed E-state index contributed by atoms with van der Waals surface area (Å²) in [6.07, 6.45) is 0. The molecule has 0 spiro atoms. The molecule has 0 aliphatic carbocycles. The van der Waals surface area contributed by atoms with Crippen LogP contribution in [0.2, 0.25) is 0 Å². The van der Waals surface area contributed by atoms with Crippen LogP contribution in [-0.2, 0) is 4.79 Å². The quantitative estimate of drug-likeness (QED) is 0.495. The Balaban J connectivity index is 1.35. The molecule has 0 saturated heterocycles. The fraction of sp³-hybridized carbons (Fsp3) is 0.100. The first-order chi connectivity index (χ1) is 13.2. The number of aryl methyl sites for hydroxylation is 1. The zero-order valence-electron chi connectivity index (χ0n) is 14.5. The van der Waals surface area contributed by atoms with Gasteiger partial charge < -0.3 is 5.32 Å². The van der Waals surface area contributed by atoms with Gasteiger partial charge in [0.05, 0.1) is 21.7 Å². The molecule has 0 bridgehead atoms. The summed E-state index contributed by atoms with van der Waals surface area (Å²) in [5.74, 6) is 0.151. The van der Waals surface area contributed by atoms with E-state index >= 15 is 0 Å². The predicted molar refractivity (Wildman–Crippen MR) is 111 cm³/mol. The number of rotatable bonds is 5. The number of hydrogen-bond acceptors (Lipinski definition) is 6. The predicted octanol–water partition coefficient (Wildman–Crippen LogP) is 4.79.